The van der Waals surface area contributed by atoms with Crippen molar-refractivity contribution in [2.75, 3.05) is 49.0 Å². The highest BCUT2D eigenvalue weighted by molar-refractivity contribution is 8.17. The highest BCUT2D eigenvalue weighted by Gasteiger charge is 2.53. The molecular formula is C36H44ClN2O4S3-. The van der Waals surface area contributed by atoms with Crippen LogP contribution in [-0.2, 0) is 31.4 Å². The molecule has 248 valence electrons. The van der Waals surface area contributed by atoms with Crippen LogP contribution < -0.4 is 9.64 Å². The molecule has 2 bridgehead atoms. The van der Waals surface area contributed by atoms with Crippen molar-refractivity contribution in [1.29, 1.82) is 0 Å². The molecule has 2 fully saturated rings. The first kappa shape index (κ1) is 32.9. The Morgan fingerprint density at radius 1 is 1.13 bits per heavy atom. The first-order valence-electron chi connectivity index (χ1n) is 16.7. The molecule has 1 amide bonds. The van der Waals surface area contributed by atoms with E-state index in [0.717, 1.165) is 79.6 Å². The van der Waals surface area contributed by atoms with Crippen molar-refractivity contribution in [3.8, 4) is 5.75 Å². The molecule has 7 rings (SSSR count). The standard InChI is InChI=1S/C36H44ClN2O4S3/c1-24-6-3-15-36(42-2,34-44-16-5-17-45-34)30-11-8-27(30)20-39-22-35(14-4-7-25-18-28(37)10-12-29(25)35)23-43-32-13-9-26(19-31(32)39)33(40)38-46(41)21-24/h3,9-10,12-13,15,18-19,24,27,30,34H,4-8,11,14,16-17,20-23H2,1-2H3/q-1/b15-3+/t24-,27-,30+,35-,36+/m0/s1. The predicted molar refractivity (Wildman–Crippen MR) is 192 cm³/mol. The lowest BCUT2D eigenvalue weighted by molar-refractivity contribution is -0.0638. The number of fused-ring (bicyclic) bond motifs is 4. The summed E-state index contributed by atoms with van der Waals surface area (Å²) in [5.74, 6) is 3.94. The Morgan fingerprint density at radius 2 is 1.98 bits per heavy atom. The minimum Gasteiger partial charge on any atom is -0.490 e. The number of aryl methyl sites for hydroxylation is 1. The summed E-state index contributed by atoms with van der Waals surface area (Å²) in [6.45, 7) is 4.29. The summed E-state index contributed by atoms with van der Waals surface area (Å²) in [7, 11) is 0.296. The zero-order chi connectivity index (χ0) is 31.9. The Bertz CT molecular complexity index is 1590. The summed E-state index contributed by atoms with van der Waals surface area (Å²) >= 11 is 10.6. The van der Waals surface area contributed by atoms with Crippen LogP contribution in [0.5, 0.6) is 5.75 Å². The number of nitrogens with zero attached hydrogens (tertiary/aromatic N) is 2. The molecule has 0 N–H and O–H groups in total. The minimum absolute atomic E-state index is 0.125. The zero-order valence-electron chi connectivity index (χ0n) is 26.8. The van der Waals surface area contributed by atoms with E-state index in [9.17, 15) is 9.00 Å². The van der Waals surface area contributed by atoms with Crippen LogP contribution in [0.2, 0.25) is 5.02 Å². The number of hydrogen-bond donors (Lipinski definition) is 0. The van der Waals surface area contributed by atoms with E-state index in [2.05, 4.69) is 40.5 Å². The molecule has 0 aromatic heterocycles. The number of hydrogen-bond acceptors (Lipinski definition) is 8. The normalized spacial score (nSPS) is 33.2. The fraction of sp³-hybridized carbons (Fsp3) is 0.583. The maximum Gasteiger partial charge on any atom is 0.254 e. The Balaban J connectivity index is 1.33. The lowest BCUT2D eigenvalue weighted by Gasteiger charge is -2.53. The second-order valence-electron chi connectivity index (χ2n) is 13.8. The van der Waals surface area contributed by atoms with E-state index in [0.29, 0.717) is 34.3 Å². The second kappa shape index (κ2) is 13.7. The second-order valence-corrected chi connectivity index (χ2v) is 18.2. The van der Waals surface area contributed by atoms with E-state index in [1.807, 2.05) is 48.8 Å². The van der Waals surface area contributed by atoms with Gasteiger partial charge in [0.2, 0.25) is 0 Å². The third-order valence-corrected chi connectivity index (χ3v) is 15.5. The van der Waals surface area contributed by atoms with Gasteiger partial charge < -0.3 is 22.9 Å². The smallest absolute Gasteiger partial charge is 0.254 e. The van der Waals surface area contributed by atoms with Gasteiger partial charge in [-0.1, -0.05) is 48.4 Å². The van der Waals surface area contributed by atoms with Crippen LogP contribution >= 0.6 is 35.1 Å². The molecule has 5 atom stereocenters. The largest absolute Gasteiger partial charge is 0.490 e. The van der Waals surface area contributed by atoms with Crippen LogP contribution in [0.4, 0.5) is 5.69 Å². The quantitative estimate of drug-likeness (QED) is 0.231. The topological polar surface area (TPSA) is 68.2 Å². The molecule has 3 heterocycles. The minimum atomic E-state index is -1.60. The molecule has 0 unspecified atom stereocenters. The van der Waals surface area contributed by atoms with Gasteiger partial charge in [-0.15, -0.1) is 23.5 Å². The number of carbonyl (C=O) groups excluding carboxylic acids is 1. The third kappa shape index (κ3) is 6.28. The number of benzene rings is 2. The third-order valence-electron chi connectivity index (χ3n) is 10.8. The summed E-state index contributed by atoms with van der Waals surface area (Å²) < 4.78 is 30.9. The number of rotatable bonds is 2. The van der Waals surface area contributed by atoms with Gasteiger partial charge in [-0.05, 0) is 110 Å². The molecule has 2 aromatic carbocycles. The fourth-order valence-electron chi connectivity index (χ4n) is 8.33. The Morgan fingerprint density at radius 3 is 2.76 bits per heavy atom. The highest BCUT2D eigenvalue weighted by atomic mass is 35.5. The van der Waals surface area contributed by atoms with Gasteiger partial charge in [-0.3, -0.25) is 4.79 Å². The van der Waals surface area contributed by atoms with Crippen molar-refractivity contribution in [1.82, 2.24) is 0 Å². The molecule has 1 spiro atoms. The van der Waals surface area contributed by atoms with Gasteiger partial charge in [-0.25, -0.2) is 0 Å². The number of amides is 1. The summed E-state index contributed by atoms with van der Waals surface area (Å²) in [5, 5.41) is 0.775. The first-order chi connectivity index (χ1) is 22.3. The van der Waals surface area contributed by atoms with Crippen LogP contribution in [0.25, 0.3) is 0 Å². The molecular weight excluding hydrogens is 656 g/mol. The molecule has 10 heteroatoms. The van der Waals surface area contributed by atoms with Crippen molar-refractivity contribution in [2.45, 2.75) is 67.5 Å². The van der Waals surface area contributed by atoms with Crippen LogP contribution in [0.1, 0.15) is 66.9 Å². The molecule has 6 nitrogen and oxygen atoms in total. The molecule has 2 aliphatic carbocycles. The van der Waals surface area contributed by atoms with Gasteiger partial charge in [-0.2, -0.15) is 10.6 Å². The molecule has 46 heavy (non-hydrogen) atoms. The Hall–Kier alpha value is -1.65. The van der Waals surface area contributed by atoms with E-state index < -0.39 is 16.5 Å². The summed E-state index contributed by atoms with van der Waals surface area (Å²) in [5.41, 5.74) is 3.44. The van der Waals surface area contributed by atoms with Gasteiger partial charge in [0.05, 0.1) is 16.9 Å². The van der Waals surface area contributed by atoms with Crippen molar-refractivity contribution >= 4 is 57.3 Å². The number of halogens is 1. The van der Waals surface area contributed by atoms with E-state index in [-0.39, 0.29) is 16.9 Å². The van der Waals surface area contributed by atoms with E-state index in [1.165, 1.54) is 17.5 Å². The van der Waals surface area contributed by atoms with Crippen molar-refractivity contribution in [3.63, 3.8) is 0 Å². The van der Waals surface area contributed by atoms with Gasteiger partial charge >= 0.3 is 0 Å². The van der Waals surface area contributed by atoms with Crippen molar-refractivity contribution in [3.05, 3.63) is 70.3 Å². The maximum atomic E-state index is 13.3. The molecule has 2 aromatic rings. The monoisotopic (exact) mass is 699 g/mol. The summed E-state index contributed by atoms with van der Waals surface area (Å²) in [6, 6.07) is 12.0. The molecule has 1 saturated heterocycles. The Kier molecular flexibility index (Phi) is 9.79. The SMILES string of the molecule is CO[C@]1(C2SCCCS2)/C=C/C[C@H](C)C[S-](=O)=NC(=O)c2ccc3c(c2)N(C[C@@H]2CC[C@H]21)C[C@@]1(CCCc2cc(Cl)ccc21)CO3. The predicted octanol–water partition coefficient (Wildman–Crippen LogP) is 8.30. The lowest BCUT2D eigenvalue weighted by Crippen LogP contribution is -2.56. The van der Waals surface area contributed by atoms with Crippen molar-refractivity contribution < 1.29 is 18.5 Å². The van der Waals surface area contributed by atoms with E-state index in [1.54, 1.807) is 6.07 Å². The fourth-order valence-corrected chi connectivity index (χ4v) is 12.9. The highest BCUT2D eigenvalue weighted by Crippen LogP contribution is 2.54. The van der Waals surface area contributed by atoms with Crippen LogP contribution in [0.3, 0.4) is 0 Å². The van der Waals surface area contributed by atoms with Crippen LogP contribution in [0.15, 0.2) is 52.9 Å². The lowest BCUT2D eigenvalue weighted by atomic mass is 9.64. The number of carbonyl (C=O) groups is 1. The van der Waals surface area contributed by atoms with Gasteiger partial charge in [0.15, 0.2) is 0 Å². The first-order valence-corrected chi connectivity index (χ1v) is 20.5. The maximum absolute atomic E-state index is 13.3. The van der Waals surface area contributed by atoms with Crippen LogP contribution in [-0.4, -0.2) is 60.2 Å². The van der Waals surface area contributed by atoms with E-state index in [4.69, 9.17) is 21.1 Å². The number of thioether (sulfide) groups is 2. The van der Waals surface area contributed by atoms with Gasteiger partial charge in [0.25, 0.3) is 5.91 Å². The van der Waals surface area contributed by atoms with Gasteiger partial charge in [0.1, 0.15) is 11.4 Å². The number of methoxy groups -OCH3 is 1. The van der Waals surface area contributed by atoms with Crippen molar-refractivity contribution in [2.24, 2.45) is 22.1 Å². The summed E-state index contributed by atoms with van der Waals surface area (Å²) in [4.78, 5) is 15.8. The Labute approximate surface area is 289 Å². The number of ether oxygens (including phenoxy) is 2. The molecule has 3 aliphatic heterocycles. The van der Waals surface area contributed by atoms with E-state index >= 15 is 0 Å². The number of allylic oxidation sites excluding steroid dienone is 1. The average Bonchev–Trinajstić information content (AvgIpc) is 3.19. The average molecular weight is 700 g/mol. The molecule has 5 aliphatic rings. The molecule has 1 saturated carbocycles. The van der Waals surface area contributed by atoms with Crippen LogP contribution in [0, 0.1) is 17.8 Å². The van der Waals surface area contributed by atoms with Gasteiger partial charge in [0, 0.05) is 36.2 Å². The molecule has 0 radical (unpaired) electrons. The zero-order valence-corrected chi connectivity index (χ0v) is 30.0. The summed E-state index contributed by atoms with van der Waals surface area (Å²) in [6.07, 6.45) is 12.0. The number of anilines is 1.